The highest BCUT2D eigenvalue weighted by molar-refractivity contribution is 5.96. The maximum Gasteiger partial charge on any atom is 0.319 e. The van der Waals surface area contributed by atoms with Gasteiger partial charge in [0.05, 0.1) is 17.3 Å². The maximum atomic E-state index is 14.6. The summed E-state index contributed by atoms with van der Waals surface area (Å²) < 4.78 is 14.6. The minimum atomic E-state index is -0.577. The number of hydrogen-bond donors (Lipinski definition) is 3. The van der Waals surface area contributed by atoms with Gasteiger partial charge in [0.15, 0.2) is 0 Å². The Hall–Kier alpha value is -3.77. The van der Waals surface area contributed by atoms with Gasteiger partial charge in [-0.1, -0.05) is 49.4 Å². The zero-order valence-corrected chi connectivity index (χ0v) is 17.7. The molecule has 2 amide bonds. The van der Waals surface area contributed by atoms with E-state index in [9.17, 15) is 14.3 Å². The van der Waals surface area contributed by atoms with Crippen LogP contribution in [0.25, 0.3) is 33.3 Å². The van der Waals surface area contributed by atoms with Gasteiger partial charge in [0.25, 0.3) is 0 Å². The first-order valence-electron chi connectivity index (χ1n) is 10.5. The number of hydrogen-bond acceptors (Lipinski definition) is 3. The van der Waals surface area contributed by atoms with Crippen LogP contribution in [0.4, 0.5) is 14.9 Å². The Kier molecular flexibility index (Phi) is 6.42. The number of aliphatic hydroxyl groups is 1. The van der Waals surface area contributed by atoms with Gasteiger partial charge in [0, 0.05) is 28.7 Å². The third-order valence-electron chi connectivity index (χ3n) is 5.26. The molecule has 5 nitrogen and oxygen atoms in total. The lowest BCUT2D eigenvalue weighted by molar-refractivity contribution is 0.168. The van der Waals surface area contributed by atoms with Gasteiger partial charge in [0.1, 0.15) is 5.82 Å². The Labute approximate surface area is 185 Å². The standard InChI is InChI=1S/C26H24FN3O2/c1-2-20(31)16-28-26(32)29-19-12-13-24-18(14-19)15-22(17-8-4-3-5-9-17)25(30-24)21-10-6-7-11-23(21)27/h3-15,20,31H,2,16H2,1H3,(H2,28,29,32). The fraction of sp³-hybridized carbons (Fsp3) is 0.154. The Balaban J connectivity index is 1.74. The molecule has 162 valence electrons. The number of nitrogens with one attached hydrogen (secondary N) is 2. The van der Waals surface area contributed by atoms with Crippen molar-refractivity contribution < 1.29 is 14.3 Å². The Morgan fingerprint density at radius 3 is 2.50 bits per heavy atom. The van der Waals surface area contributed by atoms with E-state index < -0.39 is 12.1 Å². The van der Waals surface area contributed by atoms with Crippen LogP contribution >= 0.6 is 0 Å². The largest absolute Gasteiger partial charge is 0.391 e. The second kappa shape index (κ2) is 9.58. The van der Waals surface area contributed by atoms with Crippen LogP contribution in [0.2, 0.25) is 0 Å². The third kappa shape index (κ3) is 4.76. The molecule has 4 rings (SSSR count). The molecule has 1 atom stereocenters. The van der Waals surface area contributed by atoms with Gasteiger partial charge in [-0.05, 0) is 48.4 Å². The number of aliphatic hydroxyl groups excluding tert-OH is 1. The summed E-state index contributed by atoms with van der Waals surface area (Å²) in [7, 11) is 0. The SMILES string of the molecule is CCC(O)CNC(=O)Nc1ccc2nc(-c3ccccc3F)c(-c3ccccc3)cc2c1. The quantitative estimate of drug-likeness (QED) is 0.373. The molecule has 0 aliphatic rings. The molecule has 1 aromatic heterocycles. The molecule has 0 fully saturated rings. The van der Waals surface area contributed by atoms with Gasteiger partial charge in [0.2, 0.25) is 0 Å². The van der Waals surface area contributed by atoms with Crippen molar-refractivity contribution in [1.29, 1.82) is 0 Å². The molecule has 0 aliphatic carbocycles. The number of amides is 2. The predicted molar refractivity (Wildman–Crippen MR) is 126 cm³/mol. The molecule has 32 heavy (non-hydrogen) atoms. The van der Waals surface area contributed by atoms with Crippen LogP contribution in [0, 0.1) is 5.82 Å². The van der Waals surface area contributed by atoms with Gasteiger partial charge in [-0.25, -0.2) is 14.2 Å². The highest BCUT2D eigenvalue weighted by Crippen LogP contribution is 2.35. The van der Waals surface area contributed by atoms with E-state index in [1.807, 2.05) is 49.4 Å². The number of urea groups is 1. The molecule has 0 bridgehead atoms. The fourth-order valence-electron chi connectivity index (χ4n) is 3.48. The van der Waals surface area contributed by atoms with E-state index in [-0.39, 0.29) is 12.4 Å². The molecule has 1 heterocycles. The van der Waals surface area contributed by atoms with E-state index in [4.69, 9.17) is 4.98 Å². The van der Waals surface area contributed by atoms with E-state index in [2.05, 4.69) is 10.6 Å². The first-order valence-corrected chi connectivity index (χ1v) is 10.5. The molecule has 0 radical (unpaired) electrons. The normalized spacial score (nSPS) is 11.8. The smallest absolute Gasteiger partial charge is 0.319 e. The number of nitrogens with zero attached hydrogens (tertiary/aromatic N) is 1. The summed E-state index contributed by atoms with van der Waals surface area (Å²) >= 11 is 0. The van der Waals surface area contributed by atoms with Crippen molar-refractivity contribution in [3.63, 3.8) is 0 Å². The lowest BCUT2D eigenvalue weighted by Crippen LogP contribution is -2.34. The minimum Gasteiger partial charge on any atom is -0.391 e. The van der Waals surface area contributed by atoms with Crippen LogP contribution in [-0.4, -0.2) is 28.8 Å². The topological polar surface area (TPSA) is 74.2 Å². The Morgan fingerprint density at radius 2 is 1.75 bits per heavy atom. The number of halogens is 1. The molecular weight excluding hydrogens is 405 g/mol. The molecule has 0 spiro atoms. The van der Waals surface area contributed by atoms with Crippen molar-refractivity contribution in [2.45, 2.75) is 19.4 Å². The average molecular weight is 429 g/mol. The second-order valence-electron chi connectivity index (χ2n) is 7.53. The highest BCUT2D eigenvalue weighted by atomic mass is 19.1. The number of anilines is 1. The number of rotatable bonds is 6. The summed E-state index contributed by atoms with van der Waals surface area (Å²) in [6.07, 6.45) is -0.0130. The molecule has 0 saturated carbocycles. The number of aromatic nitrogens is 1. The van der Waals surface area contributed by atoms with E-state index in [0.29, 0.717) is 28.9 Å². The number of carbonyl (C=O) groups excluding carboxylic acids is 1. The van der Waals surface area contributed by atoms with Gasteiger partial charge >= 0.3 is 6.03 Å². The van der Waals surface area contributed by atoms with Crippen molar-refractivity contribution in [2.75, 3.05) is 11.9 Å². The fourth-order valence-corrected chi connectivity index (χ4v) is 3.48. The van der Waals surface area contributed by atoms with Gasteiger partial charge < -0.3 is 15.7 Å². The zero-order valence-electron chi connectivity index (χ0n) is 17.7. The molecule has 0 saturated heterocycles. The molecular formula is C26H24FN3O2. The van der Waals surface area contributed by atoms with Crippen LogP contribution in [-0.2, 0) is 0 Å². The monoisotopic (exact) mass is 429 g/mol. The van der Waals surface area contributed by atoms with Gasteiger partial charge in [-0.3, -0.25) is 0 Å². The van der Waals surface area contributed by atoms with Crippen LogP contribution < -0.4 is 10.6 Å². The second-order valence-corrected chi connectivity index (χ2v) is 7.53. The van der Waals surface area contributed by atoms with Gasteiger partial charge in [-0.15, -0.1) is 0 Å². The molecule has 0 aliphatic heterocycles. The van der Waals surface area contributed by atoms with Crippen LogP contribution in [0.3, 0.4) is 0 Å². The van der Waals surface area contributed by atoms with Crippen molar-refractivity contribution in [3.8, 4) is 22.4 Å². The number of pyridine rings is 1. The highest BCUT2D eigenvalue weighted by Gasteiger charge is 2.15. The van der Waals surface area contributed by atoms with Crippen LogP contribution in [0.1, 0.15) is 13.3 Å². The first-order chi connectivity index (χ1) is 15.5. The average Bonchev–Trinajstić information content (AvgIpc) is 2.82. The summed E-state index contributed by atoms with van der Waals surface area (Å²) in [6, 6.07) is 23.2. The number of carbonyl (C=O) groups is 1. The summed E-state index contributed by atoms with van der Waals surface area (Å²) in [6.45, 7) is 2.03. The first kappa shape index (κ1) is 21.5. The lowest BCUT2D eigenvalue weighted by atomic mass is 9.97. The van der Waals surface area contributed by atoms with Crippen LogP contribution in [0.5, 0.6) is 0 Å². The number of fused-ring (bicyclic) bond motifs is 1. The Morgan fingerprint density at radius 1 is 1.00 bits per heavy atom. The summed E-state index contributed by atoms with van der Waals surface area (Å²) in [5, 5.41) is 15.9. The van der Waals surface area contributed by atoms with Gasteiger partial charge in [-0.2, -0.15) is 0 Å². The summed E-state index contributed by atoms with van der Waals surface area (Å²) in [5.41, 5.74) is 4.01. The molecule has 4 aromatic rings. The van der Waals surface area contributed by atoms with E-state index in [0.717, 1.165) is 16.5 Å². The summed E-state index contributed by atoms with van der Waals surface area (Å²) in [5.74, 6) is -0.333. The predicted octanol–water partition coefficient (Wildman–Crippen LogP) is 5.60. The lowest BCUT2D eigenvalue weighted by Gasteiger charge is -2.14. The van der Waals surface area contributed by atoms with E-state index in [1.165, 1.54) is 6.07 Å². The summed E-state index contributed by atoms with van der Waals surface area (Å²) in [4.78, 5) is 16.9. The van der Waals surface area contributed by atoms with Crippen LogP contribution in [0.15, 0.2) is 78.9 Å². The van der Waals surface area contributed by atoms with Crippen molar-refractivity contribution in [3.05, 3.63) is 84.7 Å². The maximum absolute atomic E-state index is 14.6. The number of benzene rings is 3. The zero-order chi connectivity index (χ0) is 22.5. The molecule has 3 N–H and O–H groups in total. The third-order valence-corrected chi connectivity index (χ3v) is 5.26. The Bertz CT molecular complexity index is 1240. The van der Waals surface area contributed by atoms with Crippen molar-refractivity contribution in [1.82, 2.24) is 10.3 Å². The molecule has 3 aromatic carbocycles. The molecule has 6 heteroatoms. The van der Waals surface area contributed by atoms with Crippen molar-refractivity contribution in [2.24, 2.45) is 0 Å². The minimum absolute atomic E-state index is 0.182. The van der Waals surface area contributed by atoms with Crippen molar-refractivity contribution >= 4 is 22.6 Å². The molecule has 1 unspecified atom stereocenters. The van der Waals surface area contributed by atoms with E-state index >= 15 is 0 Å². The van der Waals surface area contributed by atoms with E-state index in [1.54, 1.807) is 30.3 Å².